The number of nitrogens with zero attached hydrogens (tertiary/aromatic N) is 1. The first-order chi connectivity index (χ1) is 10.6. The minimum Gasteiger partial charge on any atom is -0.465 e. The van der Waals surface area contributed by atoms with Crippen LogP contribution in [0.25, 0.3) is 0 Å². The Balaban J connectivity index is 0.00000108. The number of hydrogen-bond acceptors (Lipinski definition) is 3. The zero-order valence-corrected chi connectivity index (χ0v) is 14.7. The standard InChI is InChI=1S/C15H30N2O2.CH3NO2/c1-15(2,3)8-7-13(11-16-14(18)19)12-17-9-5-4-6-10-17;2-1(3)4/h13,16H,4-12H2,1-3H3,(H,18,19);2H2,(H,3,4)/t13-;/m0./s1. The molecule has 1 aliphatic heterocycles. The summed E-state index contributed by atoms with van der Waals surface area (Å²) in [7, 11) is 0. The fourth-order valence-corrected chi connectivity index (χ4v) is 2.63. The van der Waals surface area contributed by atoms with Crippen LogP contribution < -0.4 is 11.1 Å². The van der Waals surface area contributed by atoms with Crippen molar-refractivity contribution >= 4 is 12.2 Å². The third-order valence-electron chi connectivity index (χ3n) is 3.81. The molecular formula is C16H33N3O4. The van der Waals surface area contributed by atoms with E-state index in [9.17, 15) is 4.79 Å². The number of piperidine rings is 1. The Morgan fingerprint density at radius 2 is 1.70 bits per heavy atom. The predicted molar refractivity (Wildman–Crippen MR) is 90.7 cm³/mol. The Morgan fingerprint density at radius 1 is 1.17 bits per heavy atom. The van der Waals surface area contributed by atoms with E-state index in [1.54, 1.807) is 0 Å². The number of nitrogens with one attached hydrogen (secondary N) is 1. The number of carboxylic acid groups (broad SMARTS) is 2. The Labute approximate surface area is 139 Å². The maximum atomic E-state index is 10.7. The van der Waals surface area contributed by atoms with Crippen LogP contribution in [0.2, 0.25) is 0 Å². The SMILES string of the molecule is CC(C)(C)CC[C@@H](CNC(=O)O)CN1CCCCC1.NC(=O)O. The average Bonchev–Trinajstić information content (AvgIpc) is 2.41. The molecule has 0 spiro atoms. The third kappa shape index (κ3) is 15.2. The number of amides is 2. The monoisotopic (exact) mass is 331 g/mol. The van der Waals surface area contributed by atoms with Crippen LogP contribution in [0.1, 0.15) is 52.9 Å². The van der Waals surface area contributed by atoms with E-state index in [1.807, 2.05) is 0 Å². The fraction of sp³-hybridized carbons (Fsp3) is 0.875. The molecule has 2 amide bonds. The van der Waals surface area contributed by atoms with Crippen LogP contribution in [0, 0.1) is 11.3 Å². The van der Waals surface area contributed by atoms with Crippen LogP contribution in [-0.2, 0) is 0 Å². The van der Waals surface area contributed by atoms with Crippen molar-refractivity contribution in [1.82, 2.24) is 10.2 Å². The second-order valence-electron chi connectivity index (χ2n) is 7.35. The van der Waals surface area contributed by atoms with Crippen LogP contribution in [-0.4, -0.2) is 53.5 Å². The summed E-state index contributed by atoms with van der Waals surface area (Å²) in [4.78, 5) is 22.0. The molecule has 1 heterocycles. The van der Waals surface area contributed by atoms with E-state index in [2.05, 4.69) is 36.7 Å². The highest BCUT2D eigenvalue weighted by molar-refractivity contribution is 5.64. The van der Waals surface area contributed by atoms with Crippen molar-refractivity contribution in [2.45, 2.75) is 52.9 Å². The summed E-state index contributed by atoms with van der Waals surface area (Å²) >= 11 is 0. The predicted octanol–water partition coefficient (Wildman–Crippen LogP) is 2.81. The quantitative estimate of drug-likeness (QED) is 0.597. The molecule has 1 atom stereocenters. The highest BCUT2D eigenvalue weighted by Crippen LogP contribution is 2.24. The molecule has 1 aliphatic rings. The largest absolute Gasteiger partial charge is 0.465 e. The van der Waals surface area contributed by atoms with Crippen LogP contribution in [0.15, 0.2) is 0 Å². The van der Waals surface area contributed by atoms with Gasteiger partial charge in [-0.05, 0) is 50.1 Å². The molecule has 23 heavy (non-hydrogen) atoms. The lowest BCUT2D eigenvalue weighted by molar-refractivity contribution is 0.169. The van der Waals surface area contributed by atoms with Gasteiger partial charge in [0.2, 0.25) is 0 Å². The molecule has 0 aliphatic carbocycles. The van der Waals surface area contributed by atoms with E-state index in [0.717, 1.165) is 19.4 Å². The minimum atomic E-state index is -1.33. The lowest BCUT2D eigenvalue weighted by atomic mass is 9.86. The van der Waals surface area contributed by atoms with E-state index in [1.165, 1.54) is 32.4 Å². The smallest absolute Gasteiger partial charge is 0.404 e. The van der Waals surface area contributed by atoms with Gasteiger partial charge in [0, 0.05) is 13.1 Å². The number of likely N-dealkylation sites (tertiary alicyclic amines) is 1. The molecule has 5 N–H and O–H groups in total. The van der Waals surface area contributed by atoms with Crippen LogP contribution >= 0.6 is 0 Å². The maximum absolute atomic E-state index is 10.7. The first-order valence-electron chi connectivity index (χ1n) is 8.27. The summed E-state index contributed by atoms with van der Waals surface area (Å²) in [6.07, 6.45) is 3.93. The van der Waals surface area contributed by atoms with E-state index in [0.29, 0.717) is 17.9 Å². The molecule has 0 aromatic carbocycles. The second-order valence-corrected chi connectivity index (χ2v) is 7.35. The van der Waals surface area contributed by atoms with Crippen molar-refractivity contribution in [3.05, 3.63) is 0 Å². The summed E-state index contributed by atoms with van der Waals surface area (Å²) in [5.74, 6) is 0.438. The number of rotatable bonds is 6. The molecule has 0 bridgehead atoms. The zero-order chi connectivity index (χ0) is 17.9. The molecule has 0 aromatic rings. The summed E-state index contributed by atoms with van der Waals surface area (Å²) < 4.78 is 0. The van der Waals surface area contributed by atoms with Crippen molar-refractivity contribution < 1.29 is 19.8 Å². The van der Waals surface area contributed by atoms with Gasteiger partial charge in [-0.1, -0.05) is 27.2 Å². The summed E-state index contributed by atoms with van der Waals surface area (Å²) in [6, 6.07) is 0. The highest BCUT2D eigenvalue weighted by Gasteiger charge is 2.19. The van der Waals surface area contributed by atoms with Gasteiger partial charge in [0.1, 0.15) is 0 Å². The molecule has 136 valence electrons. The Bertz CT molecular complexity index is 346. The highest BCUT2D eigenvalue weighted by atomic mass is 16.4. The molecule has 0 saturated carbocycles. The number of primary amides is 1. The molecule has 0 unspecified atom stereocenters. The molecule has 0 aromatic heterocycles. The normalized spacial score (nSPS) is 16.8. The zero-order valence-electron chi connectivity index (χ0n) is 14.7. The molecular weight excluding hydrogens is 298 g/mol. The van der Waals surface area contributed by atoms with Crippen molar-refractivity contribution in [3.63, 3.8) is 0 Å². The molecule has 1 rings (SSSR count). The number of nitrogens with two attached hydrogens (primary N) is 1. The van der Waals surface area contributed by atoms with Crippen molar-refractivity contribution in [2.75, 3.05) is 26.2 Å². The summed E-state index contributed by atoms with van der Waals surface area (Å²) in [5, 5.41) is 18.5. The van der Waals surface area contributed by atoms with E-state index >= 15 is 0 Å². The van der Waals surface area contributed by atoms with Gasteiger partial charge in [0.05, 0.1) is 0 Å². The number of carbonyl (C=O) groups is 2. The topological polar surface area (TPSA) is 116 Å². The first kappa shape index (κ1) is 21.5. The molecule has 7 nitrogen and oxygen atoms in total. The van der Waals surface area contributed by atoms with Gasteiger partial charge in [0.15, 0.2) is 0 Å². The van der Waals surface area contributed by atoms with Crippen molar-refractivity contribution in [2.24, 2.45) is 17.1 Å². The van der Waals surface area contributed by atoms with Gasteiger partial charge in [-0.2, -0.15) is 0 Å². The van der Waals surface area contributed by atoms with Crippen molar-refractivity contribution in [3.8, 4) is 0 Å². The van der Waals surface area contributed by atoms with E-state index < -0.39 is 12.2 Å². The van der Waals surface area contributed by atoms with E-state index in [-0.39, 0.29) is 0 Å². The van der Waals surface area contributed by atoms with Crippen LogP contribution in [0.4, 0.5) is 9.59 Å². The third-order valence-corrected chi connectivity index (χ3v) is 3.81. The maximum Gasteiger partial charge on any atom is 0.404 e. The molecule has 0 radical (unpaired) electrons. The Kier molecular flexibility index (Phi) is 10.4. The lowest BCUT2D eigenvalue weighted by Gasteiger charge is -2.31. The number of hydrogen-bond donors (Lipinski definition) is 4. The van der Waals surface area contributed by atoms with Gasteiger partial charge in [-0.15, -0.1) is 0 Å². The molecule has 1 saturated heterocycles. The van der Waals surface area contributed by atoms with Crippen molar-refractivity contribution in [1.29, 1.82) is 0 Å². The molecule has 1 fully saturated rings. The van der Waals surface area contributed by atoms with Gasteiger partial charge < -0.3 is 26.2 Å². The first-order valence-corrected chi connectivity index (χ1v) is 8.27. The Morgan fingerprint density at radius 3 is 2.13 bits per heavy atom. The second kappa shape index (κ2) is 11.1. The average molecular weight is 331 g/mol. The van der Waals surface area contributed by atoms with Gasteiger partial charge in [0.25, 0.3) is 0 Å². The lowest BCUT2D eigenvalue weighted by Crippen LogP contribution is -2.39. The summed E-state index contributed by atoms with van der Waals surface area (Å²) in [6.45, 7) is 10.7. The van der Waals surface area contributed by atoms with Gasteiger partial charge >= 0.3 is 12.2 Å². The molecule has 7 heteroatoms. The van der Waals surface area contributed by atoms with Crippen LogP contribution in [0.5, 0.6) is 0 Å². The fourth-order valence-electron chi connectivity index (χ4n) is 2.63. The van der Waals surface area contributed by atoms with Gasteiger partial charge in [-0.25, -0.2) is 9.59 Å². The van der Waals surface area contributed by atoms with E-state index in [4.69, 9.17) is 15.0 Å². The summed E-state index contributed by atoms with van der Waals surface area (Å²) in [5.41, 5.74) is 4.35. The minimum absolute atomic E-state index is 0.323. The van der Waals surface area contributed by atoms with Gasteiger partial charge in [-0.3, -0.25) is 0 Å². The van der Waals surface area contributed by atoms with Crippen LogP contribution in [0.3, 0.4) is 0 Å². The Hall–Kier alpha value is -1.50.